The number of carbonyl (C=O) groups excluding carboxylic acids is 1. The average Bonchev–Trinajstić information content (AvgIpc) is 3.68. The predicted molar refractivity (Wildman–Crippen MR) is 198 cm³/mol. The van der Waals surface area contributed by atoms with Crippen LogP contribution >= 0.6 is 0 Å². The highest BCUT2D eigenvalue weighted by atomic mass is 32.2. The van der Waals surface area contributed by atoms with Crippen molar-refractivity contribution in [3.63, 3.8) is 0 Å². The van der Waals surface area contributed by atoms with E-state index in [0.29, 0.717) is 27.2 Å². The second kappa shape index (κ2) is 14.4. The molecule has 2 aromatic carbocycles. The molecule has 2 aliphatic carbocycles. The topological polar surface area (TPSA) is 144 Å². The van der Waals surface area contributed by atoms with Crippen molar-refractivity contribution in [2.75, 3.05) is 11.0 Å². The standard InChI is InChI=1S/C39H36F7N7O4S/c1-5-37(55,6-2)13-12-23-10-11-24(25-8-7-9-26-33(25)52(3)50-36(26)51-58(4,56)57)32(47-23)29(16-20-14-21(40)17-22(41)15-20)48-30(54)19-53-35-31(34(49-53)39(44,45)46)27-18-28(27)38(35,42)43/h7-11,14-15,17,27-29,55H,5-6,16,18-19H2,1-4H3,(H,48,54)(H,50,51). The molecule has 0 aliphatic heterocycles. The highest BCUT2D eigenvalue weighted by Gasteiger charge is 2.68. The molecule has 2 aliphatic rings. The molecule has 1 fully saturated rings. The van der Waals surface area contributed by atoms with Crippen LogP contribution in [0.3, 0.4) is 0 Å². The fraction of sp³-hybridized carbons (Fsp3) is 0.385. The van der Waals surface area contributed by atoms with Gasteiger partial charge in [-0.15, -0.1) is 0 Å². The molecule has 3 N–H and O–H groups in total. The number of fused-ring (bicyclic) bond motifs is 4. The van der Waals surface area contributed by atoms with Crippen molar-refractivity contribution < 1.29 is 49.1 Å². The molecule has 0 radical (unpaired) electrons. The summed E-state index contributed by atoms with van der Waals surface area (Å²) < 4.78 is 131. The third-order valence-electron chi connectivity index (χ3n) is 10.5. The van der Waals surface area contributed by atoms with E-state index in [0.717, 1.165) is 18.4 Å². The minimum Gasteiger partial charge on any atom is -0.378 e. The summed E-state index contributed by atoms with van der Waals surface area (Å²) in [6, 6.07) is 9.21. The van der Waals surface area contributed by atoms with Crippen LogP contribution in [-0.2, 0) is 46.9 Å². The lowest BCUT2D eigenvalue weighted by Gasteiger charge is -2.23. The first-order valence-corrected chi connectivity index (χ1v) is 20.0. The number of carbonyl (C=O) groups is 1. The first kappa shape index (κ1) is 40.7. The highest BCUT2D eigenvalue weighted by molar-refractivity contribution is 7.92. The zero-order valence-electron chi connectivity index (χ0n) is 31.3. The molecule has 306 valence electrons. The molecule has 1 saturated carbocycles. The van der Waals surface area contributed by atoms with E-state index in [1.165, 1.54) is 10.7 Å². The number of hydrogen-bond donors (Lipinski definition) is 3. The van der Waals surface area contributed by atoms with Crippen LogP contribution in [0, 0.1) is 29.4 Å². The summed E-state index contributed by atoms with van der Waals surface area (Å²) in [7, 11) is -2.23. The Labute approximate surface area is 327 Å². The Hall–Kier alpha value is -5.48. The van der Waals surface area contributed by atoms with Gasteiger partial charge in [0.2, 0.25) is 15.9 Å². The number of aryl methyl sites for hydroxylation is 1. The smallest absolute Gasteiger partial charge is 0.378 e. The minimum absolute atomic E-state index is 0.00299. The second-order valence-corrected chi connectivity index (χ2v) is 16.4. The van der Waals surface area contributed by atoms with Gasteiger partial charge in [-0.3, -0.25) is 18.9 Å². The Morgan fingerprint density at radius 2 is 1.74 bits per heavy atom. The van der Waals surface area contributed by atoms with E-state index in [1.807, 2.05) is 0 Å². The third kappa shape index (κ3) is 7.74. The Balaban J connectivity index is 1.39. The molecular weight excluding hydrogens is 796 g/mol. The summed E-state index contributed by atoms with van der Waals surface area (Å²) in [5, 5.41) is 21.7. The second-order valence-electron chi connectivity index (χ2n) is 14.6. The van der Waals surface area contributed by atoms with Gasteiger partial charge in [0.25, 0.3) is 5.92 Å². The van der Waals surface area contributed by atoms with Gasteiger partial charge < -0.3 is 10.4 Å². The molecule has 3 atom stereocenters. The lowest BCUT2D eigenvalue weighted by Crippen LogP contribution is -2.35. The van der Waals surface area contributed by atoms with Crippen LogP contribution in [0.15, 0.2) is 48.5 Å². The maximum atomic E-state index is 15.4. The number of alkyl halides is 5. The summed E-state index contributed by atoms with van der Waals surface area (Å²) in [4.78, 5) is 18.7. The SMILES string of the molecule is CCC(O)(C#Cc1ccc(-c2cccc3c(NS(C)(=O)=O)nn(C)c23)c(C(Cc2cc(F)cc(F)c2)NC(=O)Cn2nc(C(F)(F)F)c3c2C(F)(F)C2CC32)n1)CC. The Bertz CT molecular complexity index is 2620. The molecule has 7 rings (SSSR count). The van der Waals surface area contributed by atoms with Crippen LogP contribution in [0.2, 0.25) is 0 Å². The number of benzene rings is 2. The van der Waals surface area contributed by atoms with E-state index in [1.54, 1.807) is 45.2 Å². The molecule has 1 amide bonds. The molecular formula is C39H36F7N7O4S. The molecule has 11 nitrogen and oxygen atoms in total. The Morgan fingerprint density at radius 1 is 1.05 bits per heavy atom. The van der Waals surface area contributed by atoms with Crippen LogP contribution in [0.25, 0.3) is 22.0 Å². The zero-order chi connectivity index (χ0) is 42.1. The number of anilines is 1. The maximum absolute atomic E-state index is 15.4. The molecule has 3 aromatic heterocycles. The average molecular weight is 832 g/mol. The summed E-state index contributed by atoms with van der Waals surface area (Å²) >= 11 is 0. The van der Waals surface area contributed by atoms with Gasteiger partial charge in [-0.1, -0.05) is 31.9 Å². The first-order chi connectivity index (χ1) is 27.1. The number of nitrogens with one attached hydrogen (secondary N) is 2. The van der Waals surface area contributed by atoms with Crippen molar-refractivity contribution in [2.24, 2.45) is 13.0 Å². The minimum atomic E-state index is -5.07. The molecule has 19 heteroatoms. The molecule has 0 bridgehead atoms. The molecule has 3 unspecified atom stereocenters. The van der Waals surface area contributed by atoms with Gasteiger partial charge >= 0.3 is 6.18 Å². The van der Waals surface area contributed by atoms with Crippen LogP contribution < -0.4 is 10.0 Å². The lowest BCUT2D eigenvalue weighted by atomic mass is 9.93. The van der Waals surface area contributed by atoms with Crippen LogP contribution in [0.4, 0.5) is 36.6 Å². The van der Waals surface area contributed by atoms with Gasteiger partial charge in [0.15, 0.2) is 11.5 Å². The van der Waals surface area contributed by atoms with Gasteiger partial charge in [-0.2, -0.15) is 32.1 Å². The number of amides is 1. The number of sulfonamides is 1. The Kier molecular flexibility index (Phi) is 10.1. The number of nitrogens with zero attached hydrogens (tertiary/aromatic N) is 5. The van der Waals surface area contributed by atoms with Crippen LogP contribution in [0.1, 0.15) is 79.0 Å². The van der Waals surface area contributed by atoms with E-state index in [4.69, 9.17) is 4.98 Å². The van der Waals surface area contributed by atoms with Gasteiger partial charge in [0.05, 0.1) is 23.5 Å². The summed E-state index contributed by atoms with van der Waals surface area (Å²) in [6.07, 6.45) is -4.11. The van der Waals surface area contributed by atoms with Crippen molar-refractivity contribution in [3.05, 3.63) is 94.1 Å². The van der Waals surface area contributed by atoms with E-state index < -0.39 is 86.6 Å². The van der Waals surface area contributed by atoms with Gasteiger partial charge in [0.1, 0.15) is 35.2 Å². The van der Waals surface area contributed by atoms with Gasteiger partial charge in [0, 0.05) is 41.1 Å². The highest BCUT2D eigenvalue weighted by Crippen LogP contribution is 2.68. The number of halogens is 7. The van der Waals surface area contributed by atoms with Crippen molar-refractivity contribution in [1.82, 2.24) is 29.9 Å². The molecule has 5 aromatic rings. The predicted octanol–water partition coefficient (Wildman–Crippen LogP) is 6.71. The molecule has 0 saturated heterocycles. The monoisotopic (exact) mass is 831 g/mol. The number of rotatable bonds is 11. The molecule has 58 heavy (non-hydrogen) atoms. The van der Waals surface area contributed by atoms with Crippen molar-refractivity contribution in [2.45, 2.75) is 75.7 Å². The summed E-state index contributed by atoms with van der Waals surface area (Å²) in [5.41, 5.74) is -3.34. The third-order valence-corrected chi connectivity index (χ3v) is 11.0. The molecule has 3 heterocycles. The first-order valence-electron chi connectivity index (χ1n) is 18.1. The summed E-state index contributed by atoms with van der Waals surface area (Å²) in [5.74, 6) is -3.43. The quantitative estimate of drug-likeness (QED) is 0.0992. The fourth-order valence-electron chi connectivity index (χ4n) is 7.60. The number of pyridine rings is 1. The normalized spacial score (nSPS) is 17.7. The van der Waals surface area contributed by atoms with E-state index in [-0.39, 0.29) is 54.0 Å². The van der Waals surface area contributed by atoms with Crippen molar-refractivity contribution in [3.8, 4) is 23.0 Å². The van der Waals surface area contributed by atoms with E-state index >= 15 is 8.78 Å². The zero-order valence-corrected chi connectivity index (χ0v) is 32.2. The van der Waals surface area contributed by atoms with Gasteiger partial charge in [-0.25, -0.2) is 22.2 Å². The number of para-hydroxylation sites is 1. The van der Waals surface area contributed by atoms with Crippen molar-refractivity contribution in [1.29, 1.82) is 0 Å². The van der Waals surface area contributed by atoms with E-state index in [9.17, 15) is 40.3 Å². The van der Waals surface area contributed by atoms with Crippen LogP contribution in [0.5, 0.6) is 0 Å². The Morgan fingerprint density at radius 3 is 2.38 bits per heavy atom. The van der Waals surface area contributed by atoms with Crippen molar-refractivity contribution >= 4 is 32.7 Å². The number of hydrogen-bond acceptors (Lipinski definition) is 7. The largest absolute Gasteiger partial charge is 0.435 e. The number of aliphatic hydroxyl groups is 1. The number of aromatic nitrogens is 5. The van der Waals surface area contributed by atoms with Gasteiger partial charge in [-0.05, 0) is 73.4 Å². The van der Waals surface area contributed by atoms with E-state index in [2.05, 4.69) is 32.1 Å². The lowest BCUT2D eigenvalue weighted by molar-refractivity contribution is -0.142. The maximum Gasteiger partial charge on any atom is 0.435 e. The summed E-state index contributed by atoms with van der Waals surface area (Å²) in [6.45, 7) is 2.39. The fourth-order valence-corrected chi connectivity index (χ4v) is 8.10. The molecule has 0 spiro atoms. The van der Waals surface area contributed by atoms with Crippen LogP contribution in [-0.4, -0.2) is 55.8 Å².